The zero-order valence-electron chi connectivity index (χ0n) is 27.9. The van der Waals surface area contributed by atoms with Gasteiger partial charge in [-0.15, -0.1) is 0 Å². The Morgan fingerprint density at radius 3 is 2.44 bits per heavy atom. The Kier molecular flexibility index (Phi) is 15.0. The van der Waals surface area contributed by atoms with E-state index in [-0.39, 0.29) is 31.0 Å². The lowest BCUT2D eigenvalue weighted by molar-refractivity contribution is -0.384. The fourth-order valence-electron chi connectivity index (χ4n) is 4.84. The number of nitro groups is 1. The number of hydrogen-bond donors (Lipinski definition) is 4. The van der Waals surface area contributed by atoms with E-state index in [0.717, 1.165) is 26.2 Å². The second kappa shape index (κ2) is 19.3. The minimum absolute atomic E-state index is 0.0251. The molecule has 1 amide bonds. The summed E-state index contributed by atoms with van der Waals surface area (Å²) in [5.41, 5.74) is -3.59. The molecule has 0 radical (unpaired) electrons. The number of carbonyl (C=O) groups excluding carboxylic acids is 3. The number of para-hydroxylation sites is 1. The summed E-state index contributed by atoms with van der Waals surface area (Å²) in [6.45, 7) is 1.02. The number of dihydropyridines is 1. The zero-order valence-corrected chi connectivity index (χ0v) is 27.9. The number of benzene rings is 2. The third-order valence-corrected chi connectivity index (χ3v) is 7.18. The quantitative estimate of drug-likeness (QED) is 0.0519. The largest absolute Gasteiger partial charge is 0.489 e. The highest BCUT2D eigenvalue weighted by Gasteiger charge is 2.47. The summed E-state index contributed by atoms with van der Waals surface area (Å²) in [6.07, 6.45) is -6.23. The van der Waals surface area contributed by atoms with Gasteiger partial charge in [-0.2, -0.15) is 18.4 Å². The Morgan fingerprint density at radius 1 is 1.06 bits per heavy atom. The van der Waals surface area contributed by atoms with Crippen molar-refractivity contribution in [2.24, 2.45) is 0 Å². The highest BCUT2D eigenvalue weighted by Crippen LogP contribution is 2.43. The minimum Gasteiger partial charge on any atom is -0.489 e. The number of halogens is 3. The fraction of sp³-hybridized carbons (Fsp3) is 0.353. The Labute approximate surface area is 295 Å². The summed E-state index contributed by atoms with van der Waals surface area (Å²) in [4.78, 5) is 48.4. The van der Waals surface area contributed by atoms with Crippen molar-refractivity contribution in [3.63, 3.8) is 0 Å². The van der Waals surface area contributed by atoms with Crippen LogP contribution in [-0.2, 0) is 23.8 Å². The smallest absolute Gasteiger partial charge is 0.431 e. The first-order chi connectivity index (χ1) is 24.8. The Bertz CT molecular complexity index is 1810. The predicted octanol–water partition coefficient (Wildman–Crippen LogP) is 3.11. The summed E-state index contributed by atoms with van der Waals surface area (Å²) in [6, 6.07) is 13.1. The molecule has 276 valence electrons. The maximum absolute atomic E-state index is 14.0. The number of aliphatic hydroxyl groups excluding tert-OH is 1. The van der Waals surface area contributed by atoms with Crippen molar-refractivity contribution >= 4 is 23.7 Å². The topological polar surface area (TPSA) is 211 Å². The Hall–Kier alpha value is -6.11. The van der Waals surface area contributed by atoms with Gasteiger partial charge in [0.25, 0.3) is 5.69 Å². The molecule has 52 heavy (non-hydrogen) atoms. The van der Waals surface area contributed by atoms with Crippen molar-refractivity contribution in [2.45, 2.75) is 31.5 Å². The number of nitrogens with zero attached hydrogens (tertiary/aromatic N) is 2. The van der Waals surface area contributed by atoms with Crippen LogP contribution in [0.3, 0.4) is 0 Å². The van der Waals surface area contributed by atoms with Crippen LogP contribution in [0.25, 0.3) is 0 Å². The van der Waals surface area contributed by atoms with Crippen LogP contribution in [0.15, 0.2) is 71.1 Å². The third-order valence-electron chi connectivity index (χ3n) is 7.18. The van der Waals surface area contributed by atoms with Gasteiger partial charge < -0.3 is 40.0 Å². The molecule has 1 heterocycles. The monoisotopic (exact) mass is 729 g/mol. The number of alkyl carbamates (subject to hydrolysis) is 1. The molecule has 1 aliphatic rings. The van der Waals surface area contributed by atoms with Crippen LogP contribution in [0.1, 0.15) is 30.4 Å². The maximum Gasteiger partial charge on any atom is 0.431 e. The number of ether oxygens (including phenoxy) is 4. The van der Waals surface area contributed by atoms with Crippen LogP contribution in [0.2, 0.25) is 0 Å². The van der Waals surface area contributed by atoms with Crippen molar-refractivity contribution in [1.82, 2.24) is 16.0 Å². The lowest BCUT2D eigenvalue weighted by Crippen LogP contribution is -2.38. The average molecular weight is 730 g/mol. The van der Waals surface area contributed by atoms with Gasteiger partial charge in [-0.05, 0) is 37.6 Å². The third kappa shape index (κ3) is 11.5. The van der Waals surface area contributed by atoms with Crippen LogP contribution >= 0.6 is 0 Å². The van der Waals surface area contributed by atoms with Crippen LogP contribution in [0.4, 0.5) is 23.7 Å². The normalized spacial score (nSPS) is 14.5. The molecule has 2 unspecified atom stereocenters. The van der Waals surface area contributed by atoms with E-state index < -0.39 is 76.9 Å². The van der Waals surface area contributed by atoms with Crippen molar-refractivity contribution in [3.8, 4) is 23.7 Å². The molecule has 0 aromatic heterocycles. The SMILES string of the molecule is COC(=O)C1=C(C(F)(F)F)NC(C)=C(C(=O)OCC#CCOC(=O)NCCCNCC(O)COc2ccccc2C#N)C1c1cccc([N+](=O)[O-])c1. The van der Waals surface area contributed by atoms with Gasteiger partial charge >= 0.3 is 24.2 Å². The number of nitro benzene ring substituents is 1. The average Bonchev–Trinajstić information content (AvgIpc) is 3.12. The van der Waals surface area contributed by atoms with Crippen molar-refractivity contribution in [2.75, 3.05) is 46.6 Å². The second-order valence-electron chi connectivity index (χ2n) is 10.8. The molecule has 0 fully saturated rings. The summed E-state index contributed by atoms with van der Waals surface area (Å²) in [7, 11) is 0.846. The summed E-state index contributed by atoms with van der Waals surface area (Å²) in [5, 5.41) is 38.1. The Balaban J connectivity index is 1.48. The molecule has 0 saturated carbocycles. The first-order valence-corrected chi connectivity index (χ1v) is 15.4. The molecule has 2 aromatic rings. The van der Waals surface area contributed by atoms with Crippen molar-refractivity contribution in [1.29, 1.82) is 5.26 Å². The number of alkyl halides is 3. The highest BCUT2D eigenvalue weighted by molar-refractivity contribution is 6.00. The van der Waals surface area contributed by atoms with Crippen LogP contribution in [0.5, 0.6) is 5.75 Å². The van der Waals surface area contributed by atoms with Gasteiger partial charge in [-0.25, -0.2) is 14.4 Å². The molecule has 0 spiro atoms. The van der Waals surface area contributed by atoms with Gasteiger partial charge in [0.2, 0.25) is 0 Å². The molecule has 18 heteroatoms. The standard InChI is InChI=1S/C34H34F3N5O10/c1-21-27(28(22-10-7-11-24(17-22)42(47)48)29(31(44)49-2)30(41-21)34(35,36)37)32(45)50-15-5-6-16-51-33(46)40-14-8-13-39-19-25(43)20-52-26-12-4-3-9-23(26)18-38/h3-4,7,9-12,17,25,28,39,41,43H,8,13-16,19-20H2,1-2H3,(H,40,46). The number of esters is 2. The maximum atomic E-state index is 14.0. The number of carbonyl (C=O) groups is 3. The van der Waals surface area contributed by atoms with Crippen LogP contribution in [0, 0.1) is 33.3 Å². The number of allylic oxidation sites excluding steroid dienone is 2. The molecule has 2 aromatic carbocycles. The van der Waals surface area contributed by atoms with E-state index >= 15 is 0 Å². The van der Waals surface area contributed by atoms with Crippen LogP contribution in [-0.4, -0.2) is 86.9 Å². The summed E-state index contributed by atoms with van der Waals surface area (Å²) in [5.74, 6) is 0.887. The van der Waals surface area contributed by atoms with E-state index in [1.807, 2.05) is 11.4 Å². The second-order valence-corrected chi connectivity index (χ2v) is 10.8. The molecule has 2 atom stereocenters. The molecule has 0 aliphatic carbocycles. The molecular weight excluding hydrogens is 695 g/mol. The number of aliphatic hydroxyl groups is 1. The number of amides is 1. The van der Waals surface area contributed by atoms with E-state index in [2.05, 4.69) is 27.2 Å². The number of nitrogens with one attached hydrogen (secondary N) is 3. The molecule has 15 nitrogen and oxygen atoms in total. The highest BCUT2D eigenvalue weighted by atomic mass is 19.4. The van der Waals surface area contributed by atoms with Gasteiger partial charge in [0, 0.05) is 30.9 Å². The van der Waals surface area contributed by atoms with Gasteiger partial charge in [0.15, 0.2) is 13.2 Å². The molecule has 0 bridgehead atoms. The lowest BCUT2D eigenvalue weighted by atomic mass is 9.80. The number of hydrogen-bond acceptors (Lipinski definition) is 13. The molecule has 4 N–H and O–H groups in total. The predicted molar refractivity (Wildman–Crippen MR) is 175 cm³/mol. The molecular formula is C34H34F3N5O10. The van der Waals surface area contributed by atoms with Gasteiger partial charge in [0.05, 0.1) is 34.7 Å². The van der Waals surface area contributed by atoms with Gasteiger partial charge in [-0.3, -0.25) is 10.1 Å². The number of nitriles is 1. The van der Waals surface area contributed by atoms with E-state index in [0.29, 0.717) is 24.3 Å². The van der Waals surface area contributed by atoms with Crippen LogP contribution < -0.4 is 20.7 Å². The van der Waals surface area contributed by atoms with Gasteiger partial charge in [0.1, 0.15) is 30.2 Å². The van der Waals surface area contributed by atoms with E-state index in [1.54, 1.807) is 24.3 Å². The molecule has 1 aliphatic heterocycles. The summed E-state index contributed by atoms with van der Waals surface area (Å²) < 4.78 is 62.2. The number of non-ortho nitro benzene ring substituents is 1. The van der Waals surface area contributed by atoms with Gasteiger partial charge in [-0.1, -0.05) is 36.1 Å². The van der Waals surface area contributed by atoms with Crippen molar-refractivity contribution in [3.05, 3.63) is 92.3 Å². The molecule has 3 rings (SSSR count). The number of rotatable bonds is 15. The Morgan fingerprint density at radius 2 is 1.77 bits per heavy atom. The lowest BCUT2D eigenvalue weighted by Gasteiger charge is -2.31. The summed E-state index contributed by atoms with van der Waals surface area (Å²) >= 11 is 0. The first-order valence-electron chi connectivity index (χ1n) is 15.4. The van der Waals surface area contributed by atoms with E-state index in [4.69, 9.17) is 19.5 Å². The molecule has 0 saturated heterocycles. The fourth-order valence-corrected chi connectivity index (χ4v) is 4.84. The number of methoxy groups -OCH3 is 1. The van der Waals surface area contributed by atoms with E-state index in [1.165, 1.54) is 12.1 Å². The first kappa shape index (κ1) is 40.3. The van der Waals surface area contributed by atoms with E-state index in [9.17, 15) is 42.8 Å². The zero-order chi connectivity index (χ0) is 38.3. The minimum atomic E-state index is -5.10. The van der Waals surface area contributed by atoms with Crippen molar-refractivity contribution < 1.29 is 56.5 Å².